The van der Waals surface area contributed by atoms with Gasteiger partial charge < -0.3 is 4.90 Å². The Morgan fingerprint density at radius 3 is 2.67 bits per heavy atom. The van der Waals surface area contributed by atoms with Crippen LogP contribution in [0.5, 0.6) is 0 Å². The van der Waals surface area contributed by atoms with E-state index < -0.39 is 4.92 Å². The zero-order chi connectivity index (χ0) is 15.4. The Bertz CT molecular complexity index is 521. The van der Waals surface area contributed by atoms with Gasteiger partial charge in [-0.05, 0) is 30.4 Å². The molecule has 1 aliphatic rings. The molecule has 7 heteroatoms. The Morgan fingerprint density at radius 1 is 1.48 bits per heavy atom. The quantitative estimate of drug-likeness (QED) is 0.644. The molecule has 1 amide bonds. The molecule has 0 radical (unpaired) electrons. The fourth-order valence-corrected chi connectivity index (χ4v) is 3.36. The smallest absolute Gasteiger partial charge is 0.269 e. The molecule has 21 heavy (non-hydrogen) atoms. The number of rotatable bonds is 6. The average Bonchev–Trinajstić information content (AvgIpc) is 2.86. The van der Waals surface area contributed by atoms with Crippen LogP contribution in [-0.4, -0.2) is 40.3 Å². The summed E-state index contributed by atoms with van der Waals surface area (Å²) in [5.41, 5.74) is 0.941. The van der Waals surface area contributed by atoms with Gasteiger partial charge in [-0.15, -0.1) is 0 Å². The van der Waals surface area contributed by atoms with Crippen LogP contribution in [0.15, 0.2) is 24.3 Å². The highest BCUT2D eigenvalue weighted by molar-refractivity contribution is 7.98. The predicted molar refractivity (Wildman–Crippen MR) is 83.1 cm³/mol. The van der Waals surface area contributed by atoms with Crippen molar-refractivity contribution in [2.75, 3.05) is 18.6 Å². The summed E-state index contributed by atoms with van der Waals surface area (Å²) >= 11 is 1.72. The first-order valence-electron chi connectivity index (χ1n) is 6.86. The molecule has 1 aromatic carbocycles. The molecule has 2 rings (SSSR count). The van der Waals surface area contributed by atoms with Crippen molar-refractivity contribution in [3.05, 3.63) is 39.9 Å². The highest BCUT2D eigenvalue weighted by atomic mass is 32.2. The van der Waals surface area contributed by atoms with Gasteiger partial charge in [-0.25, -0.2) is 0 Å². The molecule has 2 unspecified atom stereocenters. The van der Waals surface area contributed by atoms with Crippen molar-refractivity contribution in [3.63, 3.8) is 0 Å². The lowest BCUT2D eigenvalue weighted by Crippen LogP contribution is -2.40. The molecule has 0 saturated carbocycles. The van der Waals surface area contributed by atoms with Gasteiger partial charge in [0.2, 0.25) is 5.91 Å². The van der Waals surface area contributed by atoms with Crippen molar-refractivity contribution in [3.8, 4) is 0 Å². The lowest BCUT2D eigenvalue weighted by atomic mass is 10.1. The van der Waals surface area contributed by atoms with E-state index in [1.165, 1.54) is 12.1 Å². The molecule has 0 aromatic heterocycles. The Morgan fingerprint density at radius 2 is 2.14 bits per heavy atom. The standard InChI is InChI=1S/C14H19N3O3S/c1-3-11(9-21-2)16-13(18)8-15-14(16)10-4-6-12(7-5-10)17(19)20/h4-7,11,14-15H,3,8-9H2,1-2H3. The van der Waals surface area contributed by atoms with Gasteiger partial charge in [0, 0.05) is 23.9 Å². The van der Waals surface area contributed by atoms with E-state index in [-0.39, 0.29) is 23.8 Å². The minimum Gasteiger partial charge on any atom is -0.318 e. The summed E-state index contributed by atoms with van der Waals surface area (Å²) in [4.78, 5) is 24.3. The zero-order valence-electron chi connectivity index (χ0n) is 12.1. The maximum absolute atomic E-state index is 12.2. The first-order valence-corrected chi connectivity index (χ1v) is 8.25. The predicted octanol–water partition coefficient (Wildman–Crippen LogP) is 2.17. The topological polar surface area (TPSA) is 75.5 Å². The van der Waals surface area contributed by atoms with Crippen molar-refractivity contribution in [1.82, 2.24) is 10.2 Å². The van der Waals surface area contributed by atoms with Crippen LogP contribution in [0, 0.1) is 10.1 Å². The van der Waals surface area contributed by atoms with E-state index in [0.29, 0.717) is 6.54 Å². The monoisotopic (exact) mass is 309 g/mol. The van der Waals surface area contributed by atoms with Gasteiger partial charge in [0.15, 0.2) is 0 Å². The minimum atomic E-state index is -0.419. The van der Waals surface area contributed by atoms with E-state index in [4.69, 9.17) is 0 Å². The van der Waals surface area contributed by atoms with Gasteiger partial charge in [0.1, 0.15) is 6.17 Å². The largest absolute Gasteiger partial charge is 0.318 e. The van der Waals surface area contributed by atoms with E-state index in [1.807, 2.05) is 11.2 Å². The highest BCUT2D eigenvalue weighted by Crippen LogP contribution is 2.28. The fourth-order valence-electron chi connectivity index (χ4n) is 2.58. The Kier molecular flexibility index (Phi) is 5.19. The summed E-state index contributed by atoms with van der Waals surface area (Å²) in [5.74, 6) is 0.965. The van der Waals surface area contributed by atoms with Crippen molar-refractivity contribution < 1.29 is 9.72 Å². The number of hydrogen-bond acceptors (Lipinski definition) is 5. The number of nitro benzene ring substituents is 1. The van der Waals surface area contributed by atoms with E-state index in [0.717, 1.165) is 17.7 Å². The molecule has 1 heterocycles. The van der Waals surface area contributed by atoms with Crippen LogP contribution in [0.4, 0.5) is 5.69 Å². The molecular formula is C14H19N3O3S. The average molecular weight is 309 g/mol. The molecule has 1 aromatic rings. The SMILES string of the molecule is CCC(CSC)N1C(=O)CNC1c1ccc([N+](=O)[O-])cc1. The molecule has 2 atom stereocenters. The second-order valence-corrected chi connectivity index (χ2v) is 5.86. The lowest BCUT2D eigenvalue weighted by molar-refractivity contribution is -0.384. The molecule has 6 nitrogen and oxygen atoms in total. The summed E-state index contributed by atoms with van der Waals surface area (Å²) in [6.07, 6.45) is 2.71. The molecule has 1 fully saturated rings. The number of nitrogens with one attached hydrogen (secondary N) is 1. The van der Waals surface area contributed by atoms with Crippen molar-refractivity contribution in [2.24, 2.45) is 0 Å². The van der Waals surface area contributed by atoms with Crippen molar-refractivity contribution in [1.29, 1.82) is 0 Å². The number of thioether (sulfide) groups is 1. The van der Waals surface area contributed by atoms with Gasteiger partial charge in [-0.3, -0.25) is 20.2 Å². The van der Waals surface area contributed by atoms with E-state index in [2.05, 4.69) is 12.2 Å². The summed E-state index contributed by atoms with van der Waals surface area (Å²) < 4.78 is 0. The summed E-state index contributed by atoms with van der Waals surface area (Å²) in [7, 11) is 0. The molecule has 114 valence electrons. The molecular weight excluding hydrogens is 290 g/mol. The number of carbonyl (C=O) groups excluding carboxylic acids is 1. The van der Waals surface area contributed by atoms with Crippen LogP contribution in [0.3, 0.4) is 0 Å². The summed E-state index contributed by atoms with van der Waals surface area (Å²) in [6, 6.07) is 6.56. The molecule has 0 bridgehead atoms. The number of amides is 1. The van der Waals surface area contributed by atoms with Gasteiger partial charge in [-0.1, -0.05) is 6.92 Å². The van der Waals surface area contributed by atoms with Gasteiger partial charge in [0.25, 0.3) is 5.69 Å². The minimum absolute atomic E-state index is 0.0609. The third-order valence-corrected chi connectivity index (χ3v) is 4.37. The number of nitro groups is 1. The molecule has 1 aliphatic heterocycles. The fraction of sp³-hybridized carbons (Fsp3) is 0.500. The molecule has 0 spiro atoms. The zero-order valence-corrected chi connectivity index (χ0v) is 12.9. The first kappa shape index (κ1) is 15.8. The molecule has 1 saturated heterocycles. The second kappa shape index (κ2) is 6.91. The normalized spacial score (nSPS) is 19.8. The second-order valence-electron chi connectivity index (χ2n) is 4.95. The maximum Gasteiger partial charge on any atom is 0.269 e. The third kappa shape index (κ3) is 3.36. The van der Waals surface area contributed by atoms with Crippen LogP contribution < -0.4 is 5.32 Å². The van der Waals surface area contributed by atoms with E-state index >= 15 is 0 Å². The number of non-ortho nitro benzene ring substituents is 1. The summed E-state index contributed by atoms with van der Waals surface area (Å²) in [5, 5.41) is 13.9. The Balaban J connectivity index is 2.24. The van der Waals surface area contributed by atoms with Crippen LogP contribution in [0.1, 0.15) is 25.1 Å². The highest BCUT2D eigenvalue weighted by Gasteiger charge is 2.35. The van der Waals surface area contributed by atoms with Gasteiger partial charge in [0.05, 0.1) is 11.5 Å². The van der Waals surface area contributed by atoms with Crippen LogP contribution >= 0.6 is 11.8 Å². The van der Waals surface area contributed by atoms with Crippen LogP contribution in [-0.2, 0) is 4.79 Å². The Labute approximate surface area is 128 Å². The molecule has 1 N–H and O–H groups in total. The maximum atomic E-state index is 12.2. The van der Waals surface area contributed by atoms with Crippen LogP contribution in [0.25, 0.3) is 0 Å². The number of hydrogen-bond donors (Lipinski definition) is 1. The number of benzene rings is 1. The van der Waals surface area contributed by atoms with E-state index in [9.17, 15) is 14.9 Å². The Hall–Kier alpha value is -1.60. The first-order chi connectivity index (χ1) is 10.1. The summed E-state index contributed by atoms with van der Waals surface area (Å²) in [6.45, 7) is 2.38. The van der Waals surface area contributed by atoms with Crippen molar-refractivity contribution in [2.45, 2.75) is 25.6 Å². The third-order valence-electron chi connectivity index (χ3n) is 3.66. The van der Waals surface area contributed by atoms with Gasteiger partial charge in [-0.2, -0.15) is 11.8 Å². The number of nitrogens with zero attached hydrogens (tertiary/aromatic N) is 2. The lowest BCUT2D eigenvalue weighted by Gasteiger charge is -2.32. The van der Waals surface area contributed by atoms with Gasteiger partial charge >= 0.3 is 0 Å². The number of carbonyl (C=O) groups is 1. The van der Waals surface area contributed by atoms with Crippen molar-refractivity contribution >= 4 is 23.4 Å². The van der Waals surface area contributed by atoms with E-state index in [1.54, 1.807) is 23.9 Å². The van der Waals surface area contributed by atoms with Crippen LogP contribution in [0.2, 0.25) is 0 Å². The molecule has 0 aliphatic carbocycles.